The van der Waals surface area contributed by atoms with E-state index in [2.05, 4.69) is 19.9 Å². The number of carbonyl (C=O) groups excluding carboxylic acids is 1. The first-order chi connectivity index (χ1) is 14.1. The van der Waals surface area contributed by atoms with Gasteiger partial charge in [-0.05, 0) is 37.8 Å². The molecule has 1 fully saturated rings. The van der Waals surface area contributed by atoms with Crippen LogP contribution >= 0.6 is 0 Å². The van der Waals surface area contributed by atoms with Gasteiger partial charge in [-0.2, -0.15) is 4.98 Å². The Balaban J connectivity index is 1.52. The van der Waals surface area contributed by atoms with Crippen molar-refractivity contribution in [3.05, 3.63) is 47.3 Å². The Labute approximate surface area is 165 Å². The summed E-state index contributed by atoms with van der Waals surface area (Å²) in [6.45, 7) is 1.43. The number of fused-ring (bicyclic) bond motifs is 2. The molecule has 0 atom stereocenters. The van der Waals surface area contributed by atoms with Crippen molar-refractivity contribution in [2.75, 3.05) is 0 Å². The number of aromatic nitrogens is 6. The van der Waals surface area contributed by atoms with Gasteiger partial charge in [0, 0.05) is 13.0 Å². The van der Waals surface area contributed by atoms with Gasteiger partial charge in [0.2, 0.25) is 5.95 Å². The second-order valence-electron chi connectivity index (χ2n) is 7.35. The van der Waals surface area contributed by atoms with Crippen LogP contribution in [0, 0.1) is 0 Å². The number of aromatic amines is 1. The van der Waals surface area contributed by atoms with Crippen LogP contribution in [0.4, 0.5) is 0 Å². The zero-order chi connectivity index (χ0) is 20.0. The Bertz CT molecular complexity index is 1260. The number of carbonyl (C=O) groups is 1. The zero-order valence-corrected chi connectivity index (χ0v) is 15.9. The van der Waals surface area contributed by atoms with E-state index in [1.807, 2.05) is 28.8 Å². The molecule has 0 amide bonds. The molecule has 0 unspecified atom stereocenters. The zero-order valence-electron chi connectivity index (χ0n) is 15.9. The van der Waals surface area contributed by atoms with E-state index in [0.29, 0.717) is 17.1 Å². The second-order valence-corrected chi connectivity index (χ2v) is 7.35. The normalized spacial score (nSPS) is 19.6. The van der Waals surface area contributed by atoms with Crippen molar-refractivity contribution >= 4 is 28.2 Å². The van der Waals surface area contributed by atoms with Gasteiger partial charge < -0.3 is 9.72 Å². The molecular weight excluding hydrogens is 372 g/mol. The fraction of sp³-hybridized carbons (Fsp3) is 0.350. The van der Waals surface area contributed by atoms with E-state index in [1.54, 1.807) is 17.1 Å². The molecule has 3 aromatic heterocycles. The molecule has 1 N–H and O–H groups in total. The molecule has 1 aromatic carbocycles. The lowest BCUT2D eigenvalue weighted by Crippen LogP contribution is -2.29. The fourth-order valence-corrected chi connectivity index (χ4v) is 4.14. The standard InChI is InChI=1S/C20H20N6O3/c1-12(27)29-14-8-6-13(7-9-14)26-18-16(23-20(26)28)10-21-19(24-18)25-11-22-15-4-2-3-5-17(15)25/h2-5,10-11,13-14H,6-9H2,1H3,(H,23,28). The van der Waals surface area contributed by atoms with Crippen molar-refractivity contribution < 1.29 is 9.53 Å². The minimum Gasteiger partial charge on any atom is -0.463 e. The summed E-state index contributed by atoms with van der Waals surface area (Å²) in [5.41, 5.74) is 2.74. The van der Waals surface area contributed by atoms with Crippen molar-refractivity contribution in [1.82, 2.24) is 29.1 Å². The number of hydrogen-bond acceptors (Lipinski definition) is 6. The Kier molecular flexibility index (Phi) is 4.15. The lowest BCUT2D eigenvalue weighted by atomic mass is 9.93. The summed E-state index contributed by atoms with van der Waals surface area (Å²) in [6.07, 6.45) is 6.20. The Morgan fingerprint density at radius 3 is 2.76 bits per heavy atom. The number of imidazole rings is 2. The highest BCUT2D eigenvalue weighted by Crippen LogP contribution is 2.31. The van der Waals surface area contributed by atoms with Gasteiger partial charge in [0.05, 0.1) is 17.2 Å². The number of benzene rings is 1. The molecule has 0 saturated heterocycles. The predicted molar refractivity (Wildman–Crippen MR) is 106 cm³/mol. The summed E-state index contributed by atoms with van der Waals surface area (Å²) in [5, 5.41) is 0. The number of para-hydroxylation sites is 2. The molecule has 1 aliphatic rings. The van der Waals surface area contributed by atoms with Crippen molar-refractivity contribution in [3.63, 3.8) is 0 Å². The van der Waals surface area contributed by atoms with E-state index in [9.17, 15) is 9.59 Å². The largest absolute Gasteiger partial charge is 0.463 e. The molecule has 4 aromatic rings. The highest BCUT2D eigenvalue weighted by Gasteiger charge is 2.27. The number of hydrogen-bond donors (Lipinski definition) is 1. The van der Waals surface area contributed by atoms with Crippen molar-refractivity contribution in [2.24, 2.45) is 0 Å². The molecular formula is C20H20N6O3. The van der Waals surface area contributed by atoms with Crippen molar-refractivity contribution in [1.29, 1.82) is 0 Å². The molecule has 0 radical (unpaired) electrons. The van der Waals surface area contributed by atoms with Crippen LogP contribution < -0.4 is 5.69 Å². The SMILES string of the molecule is CC(=O)OC1CCC(n2c(=O)[nH]c3cnc(-n4cnc5ccccc54)nc32)CC1. The Hall–Kier alpha value is -3.49. The molecule has 1 aliphatic carbocycles. The van der Waals surface area contributed by atoms with Gasteiger partial charge in [-0.15, -0.1) is 0 Å². The first-order valence-corrected chi connectivity index (χ1v) is 9.67. The van der Waals surface area contributed by atoms with Gasteiger partial charge in [0.15, 0.2) is 5.65 Å². The third-order valence-corrected chi connectivity index (χ3v) is 5.46. The maximum atomic E-state index is 12.6. The van der Waals surface area contributed by atoms with Crippen molar-refractivity contribution in [2.45, 2.75) is 44.8 Å². The first kappa shape index (κ1) is 17.6. The molecule has 0 bridgehead atoms. The molecule has 9 nitrogen and oxygen atoms in total. The monoisotopic (exact) mass is 392 g/mol. The van der Waals surface area contributed by atoms with Gasteiger partial charge in [-0.1, -0.05) is 12.1 Å². The summed E-state index contributed by atoms with van der Waals surface area (Å²) >= 11 is 0. The lowest BCUT2D eigenvalue weighted by molar-refractivity contribution is -0.148. The predicted octanol–water partition coefficient (Wildman–Crippen LogP) is 2.51. The first-order valence-electron chi connectivity index (χ1n) is 9.67. The number of esters is 1. The fourth-order valence-electron chi connectivity index (χ4n) is 4.14. The smallest absolute Gasteiger partial charge is 0.327 e. The summed E-state index contributed by atoms with van der Waals surface area (Å²) in [4.78, 5) is 40.2. The molecule has 0 aliphatic heterocycles. The molecule has 29 heavy (non-hydrogen) atoms. The average Bonchev–Trinajstić information content (AvgIpc) is 3.28. The minimum atomic E-state index is -0.261. The van der Waals surface area contributed by atoms with Crippen molar-refractivity contribution in [3.8, 4) is 5.95 Å². The summed E-state index contributed by atoms with van der Waals surface area (Å²) < 4.78 is 8.84. The highest BCUT2D eigenvalue weighted by atomic mass is 16.5. The molecule has 148 valence electrons. The number of H-pyrrole nitrogens is 1. The Morgan fingerprint density at radius 1 is 1.17 bits per heavy atom. The second kappa shape index (κ2) is 6.84. The summed E-state index contributed by atoms with van der Waals surface area (Å²) in [6, 6.07) is 7.76. The number of nitrogens with zero attached hydrogens (tertiary/aromatic N) is 5. The summed E-state index contributed by atoms with van der Waals surface area (Å²) in [5.74, 6) is 0.204. The van der Waals surface area contributed by atoms with Crippen LogP contribution in [0.25, 0.3) is 28.1 Å². The summed E-state index contributed by atoms with van der Waals surface area (Å²) in [7, 11) is 0. The molecule has 1 saturated carbocycles. The number of ether oxygens (including phenoxy) is 1. The van der Waals surface area contributed by atoms with Gasteiger partial charge in [-0.3, -0.25) is 13.9 Å². The van der Waals surface area contributed by atoms with Crippen LogP contribution in [0.2, 0.25) is 0 Å². The topological polar surface area (TPSA) is 108 Å². The van der Waals surface area contributed by atoms with Gasteiger partial charge in [0.25, 0.3) is 0 Å². The van der Waals surface area contributed by atoms with Gasteiger partial charge >= 0.3 is 11.7 Å². The van der Waals surface area contributed by atoms with Gasteiger partial charge in [0.1, 0.15) is 17.9 Å². The third kappa shape index (κ3) is 3.08. The van der Waals surface area contributed by atoms with E-state index in [-0.39, 0.29) is 23.8 Å². The van der Waals surface area contributed by atoms with Crippen LogP contribution in [-0.2, 0) is 9.53 Å². The average molecular weight is 392 g/mol. The van der Waals surface area contributed by atoms with Gasteiger partial charge in [-0.25, -0.2) is 14.8 Å². The van der Waals surface area contributed by atoms with Crippen LogP contribution in [0.1, 0.15) is 38.6 Å². The highest BCUT2D eigenvalue weighted by molar-refractivity contribution is 5.77. The maximum absolute atomic E-state index is 12.6. The van der Waals surface area contributed by atoms with E-state index < -0.39 is 0 Å². The molecule has 0 spiro atoms. The van der Waals surface area contributed by atoms with E-state index in [0.717, 1.165) is 36.7 Å². The minimum absolute atomic E-state index is 0.00494. The third-order valence-electron chi connectivity index (χ3n) is 5.46. The van der Waals surface area contributed by atoms with E-state index >= 15 is 0 Å². The Morgan fingerprint density at radius 2 is 1.97 bits per heavy atom. The number of nitrogens with one attached hydrogen (secondary N) is 1. The van der Waals surface area contributed by atoms with Crippen LogP contribution in [-0.4, -0.2) is 41.1 Å². The molecule has 3 heterocycles. The maximum Gasteiger partial charge on any atom is 0.327 e. The molecule has 9 heteroatoms. The van der Waals surface area contributed by atoms with Crippen LogP contribution in [0.5, 0.6) is 0 Å². The van der Waals surface area contributed by atoms with Crippen LogP contribution in [0.15, 0.2) is 41.6 Å². The van der Waals surface area contributed by atoms with Crippen LogP contribution in [0.3, 0.4) is 0 Å². The number of rotatable bonds is 3. The van der Waals surface area contributed by atoms with E-state index in [4.69, 9.17) is 4.74 Å². The lowest BCUT2D eigenvalue weighted by Gasteiger charge is -2.28. The van der Waals surface area contributed by atoms with E-state index in [1.165, 1.54) is 6.92 Å². The quantitative estimate of drug-likeness (QED) is 0.537. The molecule has 5 rings (SSSR count).